The summed E-state index contributed by atoms with van der Waals surface area (Å²) in [4.78, 5) is 15.6. The van der Waals surface area contributed by atoms with Crippen molar-refractivity contribution in [2.75, 3.05) is 26.3 Å². The van der Waals surface area contributed by atoms with Gasteiger partial charge in [-0.1, -0.05) is 0 Å². The van der Waals surface area contributed by atoms with Gasteiger partial charge in [-0.2, -0.15) is 0 Å². The summed E-state index contributed by atoms with van der Waals surface area (Å²) in [6.45, 7) is 2.73. The zero-order valence-electron chi connectivity index (χ0n) is 9.54. The first kappa shape index (κ1) is 12.4. The van der Waals surface area contributed by atoms with E-state index in [0.29, 0.717) is 26.3 Å². The van der Waals surface area contributed by atoms with Gasteiger partial charge >= 0.3 is 107 Å². The molecule has 1 fully saturated rings. The van der Waals surface area contributed by atoms with Gasteiger partial charge in [-0.15, -0.1) is 0 Å². The van der Waals surface area contributed by atoms with E-state index in [9.17, 15) is 4.79 Å². The number of morpholine rings is 1. The van der Waals surface area contributed by atoms with Crippen LogP contribution in [0.2, 0.25) is 0 Å². The van der Waals surface area contributed by atoms with E-state index in [0.717, 1.165) is 0 Å². The molecule has 0 saturated carbocycles. The number of nitrogens with zero attached hydrogens (tertiary/aromatic N) is 1. The van der Waals surface area contributed by atoms with Crippen LogP contribution in [0, 0.1) is 0 Å². The molecule has 0 aliphatic carbocycles. The third-order valence-electron chi connectivity index (χ3n) is 2.48. The second-order valence-electron chi connectivity index (χ2n) is 3.67. The molecule has 0 bridgehead atoms. The van der Waals surface area contributed by atoms with E-state index in [1.807, 2.05) is 28.1 Å². The Morgan fingerprint density at radius 1 is 1.24 bits per heavy atom. The van der Waals surface area contributed by atoms with Gasteiger partial charge in [-0.25, -0.2) is 0 Å². The van der Waals surface area contributed by atoms with Gasteiger partial charge in [-0.05, 0) is 0 Å². The van der Waals surface area contributed by atoms with Crippen molar-refractivity contribution >= 4 is 25.3 Å². The molecule has 0 N–H and O–H groups in total. The number of carbonyl (C=O) groups is 1. The van der Waals surface area contributed by atoms with Crippen LogP contribution in [0.5, 0.6) is 0 Å². The van der Waals surface area contributed by atoms with Crippen LogP contribution in [-0.2, 0) is 9.53 Å². The van der Waals surface area contributed by atoms with Crippen molar-refractivity contribution in [1.29, 1.82) is 0 Å². The molecule has 1 aliphatic heterocycles. The first-order valence-corrected chi connectivity index (χ1v) is 7.46. The maximum atomic E-state index is 11.8. The molecule has 1 heterocycles. The van der Waals surface area contributed by atoms with Gasteiger partial charge < -0.3 is 0 Å². The monoisotopic (exact) mass is 297 g/mol. The molecule has 3 nitrogen and oxygen atoms in total. The molecule has 0 spiro atoms. The van der Waals surface area contributed by atoms with Crippen LogP contribution in [0.1, 0.15) is 0 Å². The molecule has 0 unspecified atom stereocenters. The van der Waals surface area contributed by atoms with Crippen molar-refractivity contribution in [3.05, 3.63) is 41.4 Å². The van der Waals surface area contributed by atoms with Crippen molar-refractivity contribution in [1.82, 2.24) is 4.90 Å². The zero-order chi connectivity index (χ0) is 11.9. The molecule has 17 heavy (non-hydrogen) atoms. The second kappa shape index (κ2) is 6.60. The fraction of sp³-hybridized carbons (Fsp3) is 0.308. The van der Waals surface area contributed by atoms with Crippen LogP contribution in [-0.4, -0.2) is 52.1 Å². The predicted octanol–water partition coefficient (Wildman–Crippen LogP) is 0.389. The van der Waals surface area contributed by atoms with E-state index >= 15 is 0 Å². The molecule has 1 aromatic rings. The van der Waals surface area contributed by atoms with Crippen LogP contribution in [0.4, 0.5) is 0 Å². The molecular weight excluding hydrogens is 281 g/mol. The van der Waals surface area contributed by atoms with Crippen LogP contribution in [0.25, 0.3) is 0 Å². The van der Waals surface area contributed by atoms with Crippen molar-refractivity contribution < 1.29 is 9.53 Å². The summed E-state index contributed by atoms with van der Waals surface area (Å²) < 4.78 is 6.49. The Labute approximate surface area is 108 Å². The van der Waals surface area contributed by atoms with Crippen molar-refractivity contribution in [2.24, 2.45) is 0 Å². The van der Waals surface area contributed by atoms with Gasteiger partial charge in [-0.3, -0.25) is 0 Å². The quantitative estimate of drug-likeness (QED) is 0.596. The number of hydrogen-bond acceptors (Lipinski definition) is 2. The Morgan fingerprint density at radius 3 is 2.65 bits per heavy atom. The molecule has 4 heteroatoms. The summed E-state index contributed by atoms with van der Waals surface area (Å²) in [6.07, 6.45) is 1.69. The number of ether oxygens (including phenoxy) is 1. The zero-order valence-corrected chi connectivity index (χ0v) is 11.3. The number of benzene rings is 1. The van der Waals surface area contributed by atoms with Crippen molar-refractivity contribution in [3.8, 4) is 0 Å². The van der Waals surface area contributed by atoms with Gasteiger partial charge in [0.2, 0.25) is 0 Å². The van der Waals surface area contributed by atoms with Gasteiger partial charge in [0.05, 0.1) is 0 Å². The third kappa shape index (κ3) is 4.00. The van der Waals surface area contributed by atoms with Crippen LogP contribution in [0.15, 0.2) is 41.4 Å². The second-order valence-corrected chi connectivity index (χ2v) is 5.73. The summed E-state index contributed by atoms with van der Waals surface area (Å²) in [6, 6.07) is 10.2. The first-order chi connectivity index (χ1) is 8.36. The third-order valence-corrected chi connectivity index (χ3v) is 4.19. The van der Waals surface area contributed by atoms with Crippen LogP contribution in [0.3, 0.4) is 0 Å². The Bertz CT molecular complexity index is 386. The molecule has 90 valence electrons. The van der Waals surface area contributed by atoms with Crippen molar-refractivity contribution in [3.63, 3.8) is 0 Å². The van der Waals surface area contributed by atoms with Crippen LogP contribution < -0.4 is 4.46 Å². The van der Waals surface area contributed by atoms with E-state index in [2.05, 4.69) is 12.1 Å². The summed E-state index contributed by atoms with van der Waals surface area (Å²) in [5.74, 6) is 0.103. The molecule has 0 aromatic heterocycles. The Balaban J connectivity index is 1.82. The maximum absolute atomic E-state index is 11.8. The molecule has 1 saturated heterocycles. The molecule has 0 atom stereocenters. The number of carbonyl (C=O) groups excluding carboxylic acids is 1. The topological polar surface area (TPSA) is 29.5 Å². The summed E-state index contributed by atoms with van der Waals surface area (Å²) in [5, 5.41) is 0. The Morgan fingerprint density at radius 2 is 1.94 bits per heavy atom. The minimum atomic E-state index is 0.103. The van der Waals surface area contributed by atoms with Gasteiger partial charge in [0.25, 0.3) is 0 Å². The van der Waals surface area contributed by atoms with E-state index in [1.54, 1.807) is 6.08 Å². The Hall–Kier alpha value is -1.09. The SMILES string of the molecule is O=C(/C=C\[Se]c1ccccc1)N1CCOCC1. The number of rotatable bonds is 3. The molecule has 2 rings (SSSR count). The molecular formula is C13H15NO2Se. The summed E-state index contributed by atoms with van der Waals surface area (Å²) >= 11 is 0.239. The number of hydrogen-bond donors (Lipinski definition) is 0. The van der Waals surface area contributed by atoms with Gasteiger partial charge in [0.1, 0.15) is 0 Å². The van der Waals surface area contributed by atoms with E-state index in [4.69, 9.17) is 4.74 Å². The molecule has 1 aromatic carbocycles. The average Bonchev–Trinajstić information content (AvgIpc) is 2.41. The normalized spacial score (nSPS) is 16.4. The minimum absolute atomic E-state index is 0.103. The standard InChI is InChI=1S/C13H15NO2Se/c15-13(14-7-9-16-10-8-14)6-11-17-12-4-2-1-3-5-12/h1-6,11H,7-10H2/b11-6-. The molecule has 0 radical (unpaired) electrons. The van der Waals surface area contributed by atoms with E-state index < -0.39 is 0 Å². The van der Waals surface area contributed by atoms with Gasteiger partial charge in [0, 0.05) is 0 Å². The summed E-state index contributed by atoms with van der Waals surface area (Å²) in [7, 11) is 0. The fourth-order valence-corrected chi connectivity index (χ4v) is 2.94. The van der Waals surface area contributed by atoms with Crippen LogP contribution >= 0.6 is 0 Å². The first-order valence-electron chi connectivity index (χ1n) is 5.61. The summed E-state index contributed by atoms with van der Waals surface area (Å²) in [5.41, 5.74) is 0. The number of amides is 1. The van der Waals surface area contributed by atoms with E-state index in [-0.39, 0.29) is 20.9 Å². The predicted molar refractivity (Wildman–Crippen MR) is 68.4 cm³/mol. The average molecular weight is 296 g/mol. The molecule has 1 aliphatic rings. The van der Waals surface area contributed by atoms with E-state index in [1.165, 1.54) is 4.46 Å². The van der Waals surface area contributed by atoms with Crippen molar-refractivity contribution in [2.45, 2.75) is 0 Å². The van der Waals surface area contributed by atoms with Gasteiger partial charge in [0.15, 0.2) is 0 Å². The Kier molecular flexibility index (Phi) is 4.80. The fourth-order valence-electron chi connectivity index (χ4n) is 1.56. The molecule has 1 amide bonds.